The molecule has 88 valence electrons. The van der Waals surface area contributed by atoms with Gasteiger partial charge in [0.2, 0.25) is 0 Å². The van der Waals surface area contributed by atoms with Crippen LogP contribution in [0.25, 0.3) is 0 Å². The van der Waals surface area contributed by atoms with Crippen molar-refractivity contribution in [2.45, 2.75) is 44.8 Å². The van der Waals surface area contributed by atoms with E-state index in [1.54, 1.807) is 0 Å². The van der Waals surface area contributed by atoms with Crippen LogP contribution in [0.2, 0.25) is 0 Å². The first-order valence-electron chi connectivity index (χ1n) is 6.23. The first-order valence-corrected chi connectivity index (χ1v) is 6.23. The monoisotopic (exact) mass is 219 g/mol. The van der Waals surface area contributed by atoms with Gasteiger partial charge < -0.3 is 10.4 Å². The van der Waals surface area contributed by atoms with Crippen LogP contribution in [0.5, 0.6) is 0 Å². The molecule has 0 aromatic heterocycles. The lowest BCUT2D eigenvalue weighted by molar-refractivity contribution is -0.0314. The minimum absolute atomic E-state index is 0.413. The molecule has 0 aliphatic heterocycles. The van der Waals surface area contributed by atoms with Gasteiger partial charge in [-0.25, -0.2) is 0 Å². The molecule has 0 heterocycles. The normalized spacial score (nSPS) is 18.1. The first-order chi connectivity index (χ1) is 7.72. The van der Waals surface area contributed by atoms with Gasteiger partial charge >= 0.3 is 0 Å². The second-order valence-electron chi connectivity index (χ2n) is 4.85. The molecule has 1 fully saturated rings. The predicted octanol–water partition coefficient (Wildman–Crippen LogP) is 2.25. The van der Waals surface area contributed by atoms with Gasteiger partial charge in [-0.15, -0.1) is 0 Å². The quantitative estimate of drug-likeness (QED) is 0.796. The predicted molar refractivity (Wildman–Crippen MR) is 66.3 cm³/mol. The van der Waals surface area contributed by atoms with Gasteiger partial charge in [0.1, 0.15) is 0 Å². The van der Waals surface area contributed by atoms with Gasteiger partial charge in [0.05, 0.1) is 5.60 Å². The Balaban J connectivity index is 1.76. The molecule has 1 aromatic rings. The zero-order chi connectivity index (χ0) is 11.4. The Hall–Kier alpha value is -0.860. The Morgan fingerprint density at radius 3 is 2.31 bits per heavy atom. The minimum atomic E-state index is -0.413. The number of hydrogen-bond donors (Lipinski definition) is 2. The summed E-state index contributed by atoms with van der Waals surface area (Å²) in [6.45, 7) is 3.74. The van der Waals surface area contributed by atoms with Crippen LogP contribution in [0, 0.1) is 0 Å². The summed E-state index contributed by atoms with van der Waals surface area (Å²) in [5, 5.41) is 13.2. The van der Waals surface area contributed by atoms with Crippen molar-refractivity contribution in [3.63, 3.8) is 0 Å². The molecule has 0 saturated heterocycles. The van der Waals surface area contributed by atoms with E-state index in [0.29, 0.717) is 0 Å². The molecule has 1 aliphatic carbocycles. The third-order valence-corrected chi connectivity index (χ3v) is 3.50. The molecule has 1 aromatic carbocycles. The van der Waals surface area contributed by atoms with Crippen LogP contribution in [-0.4, -0.2) is 17.3 Å². The third-order valence-electron chi connectivity index (χ3n) is 3.50. The summed E-state index contributed by atoms with van der Waals surface area (Å²) < 4.78 is 0. The Morgan fingerprint density at radius 2 is 1.81 bits per heavy atom. The zero-order valence-corrected chi connectivity index (χ0v) is 10.00. The van der Waals surface area contributed by atoms with Crippen molar-refractivity contribution >= 4 is 0 Å². The Bertz CT molecular complexity index is 327. The number of aliphatic hydroxyl groups is 1. The number of rotatable bonds is 5. The van der Waals surface area contributed by atoms with Gasteiger partial charge in [0.15, 0.2) is 0 Å². The van der Waals surface area contributed by atoms with Crippen molar-refractivity contribution in [2.75, 3.05) is 6.54 Å². The summed E-state index contributed by atoms with van der Waals surface area (Å²) in [6.07, 6.45) is 4.17. The molecule has 0 atom stereocenters. The molecular formula is C14H21NO. The standard InChI is InChI=1S/C14H21NO/c1-2-12-4-6-13(7-5-12)10-15-11-14(16)8-3-9-14/h4-7,15-16H,2-3,8-11H2,1H3. The maximum Gasteiger partial charge on any atom is 0.0771 e. The van der Waals surface area contributed by atoms with Crippen LogP contribution >= 0.6 is 0 Å². The van der Waals surface area contributed by atoms with Crippen LogP contribution in [-0.2, 0) is 13.0 Å². The summed E-state index contributed by atoms with van der Waals surface area (Å²) in [5.74, 6) is 0. The molecule has 2 nitrogen and oxygen atoms in total. The highest BCUT2D eigenvalue weighted by Gasteiger charge is 2.33. The summed E-state index contributed by atoms with van der Waals surface area (Å²) in [5.41, 5.74) is 2.25. The molecule has 0 spiro atoms. The molecule has 16 heavy (non-hydrogen) atoms. The van der Waals surface area contributed by atoms with E-state index in [9.17, 15) is 5.11 Å². The largest absolute Gasteiger partial charge is 0.389 e. The van der Waals surface area contributed by atoms with Crippen molar-refractivity contribution < 1.29 is 5.11 Å². The van der Waals surface area contributed by atoms with E-state index in [2.05, 4.69) is 36.5 Å². The van der Waals surface area contributed by atoms with Crippen molar-refractivity contribution in [3.05, 3.63) is 35.4 Å². The second-order valence-corrected chi connectivity index (χ2v) is 4.85. The van der Waals surface area contributed by atoms with E-state index in [0.717, 1.165) is 32.4 Å². The molecule has 0 radical (unpaired) electrons. The van der Waals surface area contributed by atoms with E-state index in [1.807, 2.05) is 0 Å². The van der Waals surface area contributed by atoms with Crippen molar-refractivity contribution in [1.29, 1.82) is 0 Å². The highest BCUT2D eigenvalue weighted by Crippen LogP contribution is 2.30. The Labute approximate surface area is 97.7 Å². The fraction of sp³-hybridized carbons (Fsp3) is 0.571. The van der Waals surface area contributed by atoms with E-state index in [4.69, 9.17) is 0 Å². The minimum Gasteiger partial charge on any atom is -0.389 e. The van der Waals surface area contributed by atoms with Gasteiger partial charge in [-0.05, 0) is 36.8 Å². The van der Waals surface area contributed by atoms with Gasteiger partial charge in [0.25, 0.3) is 0 Å². The molecular weight excluding hydrogens is 198 g/mol. The van der Waals surface area contributed by atoms with Crippen LogP contribution in [0.1, 0.15) is 37.3 Å². The molecule has 1 aliphatic rings. The molecule has 2 N–H and O–H groups in total. The topological polar surface area (TPSA) is 32.3 Å². The fourth-order valence-corrected chi connectivity index (χ4v) is 2.09. The molecule has 2 rings (SSSR count). The van der Waals surface area contributed by atoms with Crippen LogP contribution in [0.3, 0.4) is 0 Å². The first kappa shape index (κ1) is 11.6. The summed E-state index contributed by atoms with van der Waals surface area (Å²) >= 11 is 0. The highest BCUT2D eigenvalue weighted by atomic mass is 16.3. The number of aryl methyl sites for hydroxylation is 1. The Kier molecular flexibility index (Phi) is 3.62. The van der Waals surface area contributed by atoms with Gasteiger partial charge in [-0.2, -0.15) is 0 Å². The van der Waals surface area contributed by atoms with Gasteiger partial charge in [0, 0.05) is 13.1 Å². The van der Waals surface area contributed by atoms with Gasteiger partial charge in [-0.1, -0.05) is 31.2 Å². The number of nitrogens with one attached hydrogen (secondary N) is 1. The Morgan fingerprint density at radius 1 is 1.19 bits per heavy atom. The lowest BCUT2D eigenvalue weighted by atomic mass is 9.80. The van der Waals surface area contributed by atoms with E-state index < -0.39 is 5.60 Å². The van der Waals surface area contributed by atoms with E-state index in [-0.39, 0.29) is 0 Å². The summed E-state index contributed by atoms with van der Waals surface area (Å²) in [7, 11) is 0. The zero-order valence-electron chi connectivity index (χ0n) is 10.00. The van der Waals surface area contributed by atoms with Crippen LogP contribution in [0.15, 0.2) is 24.3 Å². The average molecular weight is 219 g/mol. The third kappa shape index (κ3) is 2.83. The highest BCUT2D eigenvalue weighted by molar-refractivity contribution is 5.22. The number of hydrogen-bond acceptors (Lipinski definition) is 2. The molecule has 0 bridgehead atoms. The van der Waals surface area contributed by atoms with Crippen LogP contribution < -0.4 is 5.32 Å². The average Bonchev–Trinajstić information content (AvgIpc) is 2.28. The fourth-order valence-electron chi connectivity index (χ4n) is 2.09. The summed E-state index contributed by atoms with van der Waals surface area (Å²) in [6, 6.07) is 8.68. The molecule has 2 heteroatoms. The molecule has 0 unspecified atom stereocenters. The maximum atomic E-state index is 9.91. The lowest BCUT2D eigenvalue weighted by Gasteiger charge is -2.36. The SMILES string of the molecule is CCc1ccc(CNCC2(O)CCC2)cc1. The van der Waals surface area contributed by atoms with Crippen molar-refractivity contribution in [3.8, 4) is 0 Å². The second kappa shape index (κ2) is 4.98. The summed E-state index contributed by atoms with van der Waals surface area (Å²) in [4.78, 5) is 0. The maximum absolute atomic E-state index is 9.91. The van der Waals surface area contributed by atoms with E-state index >= 15 is 0 Å². The van der Waals surface area contributed by atoms with Crippen molar-refractivity contribution in [2.24, 2.45) is 0 Å². The van der Waals surface area contributed by atoms with Crippen molar-refractivity contribution in [1.82, 2.24) is 5.32 Å². The molecule has 1 saturated carbocycles. The van der Waals surface area contributed by atoms with Gasteiger partial charge in [-0.3, -0.25) is 0 Å². The smallest absolute Gasteiger partial charge is 0.0771 e. The van der Waals surface area contributed by atoms with Crippen LogP contribution in [0.4, 0.5) is 0 Å². The molecule has 0 amide bonds. The number of benzene rings is 1. The van der Waals surface area contributed by atoms with E-state index in [1.165, 1.54) is 17.5 Å². The lowest BCUT2D eigenvalue weighted by Crippen LogP contribution is -2.45.